The van der Waals surface area contributed by atoms with Gasteiger partial charge in [0.15, 0.2) is 11.5 Å². The quantitative estimate of drug-likeness (QED) is 0.857. The first-order chi connectivity index (χ1) is 10.0. The Morgan fingerprint density at radius 1 is 1.38 bits per heavy atom. The van der Waals surface area contributed by atoms with Crippen LogP contribution in [0.15, 0.2) is 18.2 Å². The third-order valence-electron chi connectivity index (χ3n) is 3.55. The van der Waals surface area contributed by atoms with E-state index in [1.54, 1.807) is 24.0 Å². The standard InChI is InChI=1S/C15H19NO5/c1-2-21-13-9-10(3-4-12(13)18)14(15(19)20)16-7-5-11(17)6-8-16/h3-4,9,14,18H,2,5-8H2,1H3,(H,19,20). The van der Waals surface area contributed by atoms with E-state index >= 15 is 0 Å². The number of likely N-dealkylation sites (tertiary alicyclic amines) is 1. The molecule has 6 nitrogen and oxygen atoms in total. The van der Waals surface area contributed by atoms with Gasteiger partial charge in [-0.2, -0.15) is 0 Å². The fraction of sp³-hybridized carbons (Fsp3) is 0.467. The molecule has 0 aliphatic carbocycles. The predicted molar refractivity (Wildman–Crippen MR) is 75.5 cm³/mol. The van der Waals surface area contributed by atoms with Crippen LogP contribution in [-0.2, 0) is 9.59 Å². The molecule has 0 aromatic heterocycles. The summed E-state index contributed by atoms with van der Waals surface area (Å²) >= 11 is 0. The van der Waals surface area contributed by atoms with E-state index in [-0.39, 0.29) is 17.3 Å². The van der Waals surface area contributed by atoms with Crippen LogP contribution in [-0.4, -0.2) is 46.6 Å². The average Bonchev–Trinajstić information content (AvgIpc) is 2.44. The molecular formula is C15H19NO5. The molecule has 1 heterocycles. The lowest BCUT2D eigenvalue weighted by Gasteiger charge is -2.31. The van der Waals surface area contributed by atoms with E-state index in [4.69, 9.17) is 4.74 Å². The summed E-state index contributed by atoms with van der Waals surface area (Å²) in [6, 6.07) is 3.73. The SMILES string of the molecule is CCOc1cc(C(C(=O)O)N2CCC(=O)CC2)ccc1O. The number of carbonyl (C=O) groups is 2. The highest BCUT2D eigenvalue weighted by atomic mass is 16.5. The van der Waals surface area contributed by atoms with Crippen LogP contribution in [0.4, 0.5) is 0 Å². The van der Waals surface area contributed by atoms with Crippen LogP contribution in [0.1, 0.15) is 31.4 Å². The second-order valence-electron chi connectivity index (χ2n) is 4.98. The number of ketones is 1. The van der Waals surface area contributed by atoms with Crippen molar-refractivity contribution in [1.29, 1.82) is 0 Å². The summed E-state index contributed by atoms with van der Waals surface area (Å²) in [4.78, 5) is 24.7. The van der Waals surface area contributed by atoms with E-state index in [9.17, 15) is 19.8 Å². The van der Waals surface area contributed by atoms with Gasteiger partial charge < -0.3 is 14.9 Å². The summed E-state index contributed by atoms with van der Waals surface area (Å²) in [5, 5.41) is 19.2. The smallest absolute Gasteiger partial charge is 0.325 e. The van der Waals surface area contributed by atoms with Gasteiger partial charge in [-0.1, -0.05) is 6.07 Å². The number of rotatable bonds is 5. The van der Waals surface area contributed by atoms with Crippen molar-refractivity contribution in [2.45, 2.75) is 25.8 Å². The van der Waals surface area contributed by atoms with Gasteiger partial charge in [0, 0.05) is 25.9 Å². The van der Waals surface area contributed by atoms with Gasteiger partial charge in [0.05, 0.1) is 6.61 Å². The molecule has 1 aliphatic rings. The maximum Gasteiger partial charge on any atom is 0.325 e. The summed E-state index contributed by atoms with van der Waals surface area (Å²) in [7, 11) is 0. The van der Waals surface area contributed by atoms with E-state index in [0.29, 0.717) is 38.1 Å². The predicted octanol–water partition coefficient (Wildman–Crippen LogP) is 1.58. The van der Waals surface area contributed by atoms with E-state index < -0.39 is 12.0 Å². The molecule has 0 bridgehead atoms. The fourth-order valence-corrected chi connectivity index (χ4v) is 2.51. The number of phenolic OH excluding ortho intramolecular Hbond substituents is 1. The zero-order valence-corrected chi connectivity index (χ0v) is 11.9. The van der Waals surface area contributed by atoms with Crippen LogP contribution in [0.5, 0.6) is 11.5 Å². The largest absolute Gasteiger partial charge is 0.504 e. The van der Waals surface area contributed by atoms with Crippen molar-refractivity contribution >= 4 is 11.8 Å². The Kier molecular flexibility index (Phi) is 4.80. The van der Waals surface area contributed by atoms with Gasteiger partial charge in [-0.05, 0) is 24.6 Å². The number of carbonyl (C=O) groups excluding carboxylic acids is 1. The fourth-order valence-electron chi connectivity index (χ4n) is 2.51. The lowest BCUT2D eigenvalue weighted by molar-refractivity contribution is -0.145. The number of ether oxygens (including phenoxy) is 1. The number of carboxylic acids is 1. The number of carboxylic acid groups (broad SMARTS) is 1. The molecule has 1 fully saturated rings. The van der Waals surface area contributed by atoms with Crippen LogP contribution in [0.3, 0.4) is 0 Å². The molecule has 0 amide bonds. The maximum absolute atomic E-state index is 11.6. The Morgan fingerprint density at radius 3 is 2.62 bits per heavy atom. The second kappa shape index (κ2) is 6.58. The Labute approximate surface area is 122 Å². The molecule has 2 rings (SSSR count). The van der Waals surface area contributed by atoms with Crippen molar-refractivity contribution in [2.24, 2.45) is 0 Å². The Hall–Kier alpha value is -2.08. The van der Waals surface area contributed by atoms with Crippen LogP contribution < -0.4 is 4.74 Å². The normalized spacial score (nSPS) is 17.5. The molecule has 1 aromatic rings. The zero-order chi connectivity index (χ0) is 15.4. The van der Waals surface area contributed by atoms with Gasteiger partial charge in [-0.15, -0.1) is 0 Å². The summed E-state index contributed by atoms with van der Waals surface area (Å²) in [5.74, 6) is -0.554. The van der Waals surface area contributed by atoms with Crippen molar-refractivity contribution in [3.63, 3.8) is 0 Å². The third kappa shape index (κ3) is 3.52. The number of benzene rings is 1. The molecule has 114 valence electrons. The Balaban J connectivity index is 2.28. The number of Topliss-reactive ketones (excluding diaryl/α,β-unsaturated/α-hetero) is 1. The number of aromatic hydroxyl groups is 1. The Morgan fingerprint density at radius 2 is 2.05 bits per heavy atom. The van der Waals surface area contributed by atoms with Crippen LogP contribution in [0.25, 0.3) is 0 Å². The number of hydrogen-bond donors (Lipinski definition) is 2. The summed E-state index contributed by atoms with van der Waals surface area (Å²) in [6.45, 7) is 3.03. The van der Waals surface area contributed by atoms with Gasteiger partial charge in [0.25, 0.3) is 0 Å². The first kappa shape index (κ1) is 15.3. The zero-order valence-electron chi connectivity index (χ0n) is 11.9. The van der Waals surface area contributed by atoms with Crippen LogP contribution in [0, 0.1) is 0 Å². The topological polar surface area (TPSA) is 87.1 Å². The molecule has 1 unspecified atom stereocenters. The lowest BCUT2D eigenvalue weighted by atomic mass is 10.0. The summed E-state index contributed by atoms with van der Waals surface area (Å²) < 4.78 is 5.30. The second-order valence-corrected chi connectivity index (χ2v) is 4.98. The highest BCUT2D eigenvalue weighted by molar-refractivity contribution is 5.80. The number of phenols is 1. The minimum atomic E-state index is -0.975. The van der Waals surface area contributed by atoms with Crippen molar-refractivity contribution < 1.29 is 24.5 Å². The van der Waals surface area contributed by atoms with Crippen molar-refractivity contribution in [2.75, 3.05) is 19.7 Å². The first-order valence-corrected chi connectivity index (χ1v) is 6.97. The van der Waals surface area contributed by atoms with Crippen molar-refractivity contribution in [3.8, 4) is 11.5 Å². The molecule has 0 saturated carbocycles. The van der Waals surface area contributed by atoms with Gasteiger partial charge in [-0.3, -0.25) is 14.5 Å². The molecule has 6 heteroatoms. The van der Waals surface area contributed by atoms with Gasteiger partial charge in [0.1, 0.15) is 11.8 Å². The first-order valence-electron chi connectivity index (χ1n) is 6.97. The number of hydrogen-bond acceptors (Lipinski definition) is 5. The Bertz CT molecular complexity index is 533. The third-order valence-corrected chi connectivity index (χ3v) is 3.55. The number of piperidine rings is 1. The molecule has 1 aromatic carbocycles. The van der Waals surface area contributed by atoms with E-state index in [0.717, 1.165) is 0 Å². The minimum Gasteiger partial charge on any atom is -0.504 e. The van der Waals surface area contributed by atoms with Crippen LogP contribution in [0.2, 0.25) is 0 Å². The van der Waals surface area contributed by atoms with Gasteiger partial charge in [0.2, 0.25) is 0 Å². The molecule has 0 radical (unpaired) electrons. The molecule has 1 atom stereocenters. The monoisotopic (exact) mass is 293 g/mol. The summed E-state index contributed by atoms with van der Waals surface area (Å²) in [6.07, 6.45) is 0.750. The average molecular weight is 293 g/mol. The van der Waals surface area contributed by atoms with Crippen molar-refractivity contribution in [3.05, 3.63) is 23.8 Å². The summed E-state index contributed by atoms with van der Waals surface area (Å²) in [5.41, 5.74) is 0.540. The number of nitrogens with zero attached hydrogens (tertiary/aromatic N) is 1. The van der Waals surface area contributed by atoms with Crippen molar-refractivity contribution in [1.82, 2.24) is 4.90 Å². The van der Waals surface area contributed by atoms with Gasteiger partial charge >= 0.3 is 5.97 Å². The molecule has 0 spiro atoms. The van der Waals surface area contributed by atoms with E-state index in [1.165, 1.54) is 6.07 Å². The van der Waals surface area contributed by atoms with E-state index in [1.807, 2.05) is 0 Å². The molecule has 21 heavy (non-hydrogen) atoms. The molecule has 1 aliphatic heterocycles. The van der Waals surface area contributed by atoms with Crippen LogP contribution >= 0.6 is 0 Å². The van der Waals surface area contributed by atoms with E-state index in [2.05, 4.69) is 0 Å². The lowest BCUT2D eigenvalue weighted by Crippen LogP contribution is -2.40. The maximum atomic E-state index is 11.6. The van der Waals surface area contributed by atoms with Gasteiger partial charge in [-0.25, -0.2) is 0 Å². The number of aliphatic carboxylic acids is 1. The molecule has 1 saturated heterocycles. The minimum absolute atomic E-state index is 0.0152. The highest BCUT2D eigenvalue weighted by Gasteiger charge is 2.30. The highest BCUT2D eigenvalue weighted by Crippen LogP contribution is 2.32. The molecular weight excluding hydrogens is 274 g/mol. The molecule has 2 N–H and O–H groups in total.